The van der Waals surface area contributed by atoms with Crippen LogP contribution in [0, 0.1) is 0 Å². The number of morpholine rings is 1. The van der Waals surface area contributed by atoms with E-state index in [-0.39, 0.29) is 4.90 Å². The molecule has 1 aromatic heterocycles. The fourth-order valence-electron chi connectivity index (χ4n) is 1.79. The van der Waals surface area contributed by atoms with Gasteiger partial charge >= 0.3 is 0 Å². The van der Waals surface area contributed by atoms with Gasteiger partial charge in [-0.1, -0.05) is 0 Å². The standard InChI is InChI=1S/C10H18N4O3S/c11-2-1-3-13-9-10(8-12-13)18(15,16)14-4-6-17-7-5-14/h8-9H,1-7,11H2. The predicted molar refractivity (Wildman–Crippen MR) is 65.5 cm³/mol. The van der Waals surface area contributed by atoms with Crippen molar-refractivity contribution in [1.82, 2.24) is 14.1 Å². The lowest BCUT2D eigenvalue weighted by molar-refractivity contribution is 0.0730. The van der Waals surface area contributed by atoms with Crippen LogP contribution in [-0.4, -0.2) is 55.4 Å². The van der Waals surface area contributed by atoms with Crippen molar-refractivity contribution in [2.24, 2.45) is 5.73 Å². The summed E-state index contributed by atoms with van der Waals surface area (Å²) in [6.45, 7) is 2.88. The Morgan fingerprint density at radius 2 is 2.11 bits per heavy atom. The van der Waals surface area contributed by atoms with E-state index in [0.717, 1.165) is 6.42 Å². The summed E-state index contributed by atoms with van der Waals surface area (Å²) in [5.41, 5.74) is 5.40. The van der Waals surface area contributed by atoms with Crippen LogP contribution in [0.15, 0.2) is 17.3 Å². The average molecular weight is 274 g/mol. The van der Waals surface area contributed by atoms with Gasteiger partial charge < -0.3 is 10.5 Å². The fourth-order valence-corrected chi connectivity index (χ4v) is 3.15. The molecule has 1 aromatic rings. The van der Waals surface area contributed by atoms with Gasteiger partial charge in [-0.05, 0) is 13.0 Å². The third-order valence-corrected chi connectivity index (χ3v) is 4.66. The van der Waals surface area contributed by atoms with E-state index in [1.165, 1.54) is 10.5 Å². The molecule has 1 saturated heterocycles. The first-order valence-electron chi connectivity index (χ1n) is 5.95. The monoisotopic (exact) mass is 274 g/mol. The second kappa shape index (κ2) is 5.79. The van der Waals surface area contributed by atoms with Gasteiger partial charge in [0.05, 0.1) is 19.4 Å². The average Bonchev–Trinajstić information content (AvgIpc) is 2.87. The van der Waals surface area contributed by atoms with Gasteiger partial charge in [-0.3, -0.25) is 4.68 Å². The molecule has 2 rings (SSSR count). The molecule has 0 bridgehead atoms. The van der Waals surface area contributed by atoms with E-state index < -0.39 is 10.0 Å². The van der Waals surface area contributed by atoms with Gasteiger partial charge in [0, 0.05) is 25.8 Å². The number of hydrogen-bond donors (Lipinski definition) is 1. The maximum absolute atomic E-state index is 12.3. The molecule has 2 heterocycles. The number of nitrogens with two attached hydrogens (primary N) is 1. The quantitative estimate of drug-likeness (QED) is 0.763. The van der Waals surface area contributed by atoms with Crippen molar-refractivity contribution < 1.29 is 13.2 Å². The first-order valence-corrected chi connectivity index (χ1v) is 7.39. The second-order valence-corrected chi connectivity index (χ2v) is 6.04. The van der Waals surface area contributed by atoms with Crippen LogP contribution in [0.1, 0.15) is 6.42 Å². The lowest BCUT2D eigenvalue weighted by Gasteiger charge is -2.25. The van der Waals surface area contributed by atoms with Crippen LogP contribution in [0.25, 0.3) is 0 Å². The van der Waals surface area contributed by atoms with Gasteiger partial charge in [-0.25, -0.2) is 8.42 Å². The van der Waals surface area contributed by atoms with E-state index >= 15 is 0 Å². The zero-order chi connectivity index (χ0) is 13.0. The molecular weight excluding hydrogens is 256 g/mol. The van der Waals surface area contributed by atoms with E-state index in [4.69, 9.17) is 10.5 Å². The summed E-state index contributed by atoms with van der Waals surface area (Å²) in [6.07, 6.45) is 3.72. The van der Waals surface area contributed by atoms with Crippen LogP contribution in [-0.2, 0) is 21.3 Å². The van der Waals surface area contributed by atoms with E-state index in [1.54, 1.807) is 10.9 Å². The Labute approximate surface area is 107 Å². The van der Waals surface area contributed by atoms with Gasteiger partial charge in [-0.2, -0.15) is 9.40 Å². The molecule has 0 saturated carbocycles. The summed E-state index contributed by atoms with van der Waals surface area (Å²) in [6, 6.07) is 0. The molecule has 1 aliphatic heterocycles. The van der Waals surface area contributed by atoms with Crippen LogP contribution in [0.3, 0.4) is 0 Å². The Balaban J connectivity index is 2.11. The summed E-state index contributed by atoms with van der Waals surface area (Å²) in [5, 5.41) is 4.04. The fraction of sp³-hybridized carbons (Fsp3) is 0.700. The highest BCUT2D eigenvalue weighted by molar-refractivity contribution is 7.89. The first kappa shape index (κ1) is 13.5. The molecule has 0 unspecified atom stereocenters. The number of hydrogen-bond acceptors (Lipinski definition) is 5. The number of aromatic nitrogens is 2. The number of sulfonamides is 1. The van der Waals surface area contributed by atoms with E-state index in [1.807, 2.05) is 0 Å². The molecule has 18 heavy (non-hydrogen) atoms. The van der Waals surface area contributed by atoms with Crippen molar-refractivity contribution in [1.29, 1.82) is 0 Å². The molecule has 0 spiro atoms. The lowest BCUT2D eigenvalue weighted by atomic mass is 10.4. The maximum Gasteiger partial charge on any atom is 0.246 e. The molecule has 0 radical (unpaired) electrons. The Morgan fingerprint density at radius 1 is 1.39 bits per heavy atom. The molecular formula is C10H18N4O3S. The van der Waals surface area contributed by atoms with Gasteiger partial charge in [0.25, 0.3) is 0 Å². The zero-order valence-corrected chi connectivity index (χ0v) is 11.0. The molecule has 1 fully saturated rings. The molecule has 0 aromatic carbocycles. The van der Waals surface area contributed by atoms with E-state index in [2.05, 4.69) is 5.10 Å². The summed E-state index contributed by atoms with van der Waals surface area (Å²) < 4.78 is 32.7. The topological polar surface area (TPSA) is 90.5 Å². The van der Waals surface area contributed by atoms with Crippen LogP contribution < -0.4 is 5.73 Å². The largest absolute Gasteiger partial charge is 0.379 e. The lowest BCUT2D eigenvalue weighted by Crippen LogP contribution is -2.40. The SMILES string of the molecule is NCCCn1cc(S(=O)(=O)N2CCOCC2)cn1. The molecule has 0 atom stereocenters. The third-order valence-electron chi connectivity index (χ3n) is 2.81. The van der Waals surface area contributed by atoms with Crippen molar-refractivity contribution in [3.8, 4) is 0 Å². The van der Waals surface area contributed by atoms with Crippen LogP contribution in [0.2, 0.25) is 0 Å². The number of aryl methyl sites for hydroxylation is 1. The molecule has 2 N–H and O–H groups in total. The summed E-state index contributed by atoms with van der Waals surface area (Å²) in [4.78, 5) is 0.237. The predicted octanol–water partition coefficient (Wildman–Crippen LogP) is -0.747. The highest BCUT2D eigenvalue weighted by Gasteiger charge is 2.27. The molecule has 0 aliphatic carbocycles. The molecule has 0 amide bonds. The molecule has 102 valence electrons. The Bertz CT molecular complexity index is 479. The molecule has 8 heteroatoms. The minimum Gasteiger partial charge on any atom is -0.379 e. The van der Waals surface area contributed by atoms with Crippen LogP contribution >= 0.6 is 0 Å². The summed E-state index contributed by atoms with van der Waals surface area (Å²) in [7, 11) is -3.43. The van der Waals surface area contributed by atoms with E-state index in [9.17, 15) is 8.42 Å². The normalized spacial score (nSPS) is 18.1. The van der Waals surface area contributed by atoms with Crippen molar-refractivity contribution >= 4 is 10.0 Å². The number of ether oxygens (including phenoxy) is 1. The number of rotatable bonds is 5. The van der Waals surface area contributed by atoms with Gasteiger partial charge in [0.1, 0.15) is 4.90 Å². The van der Waals surface area contributed by atoms with Crippen molar-refractivity contribution in [3.05, 3.63) is 12.4 Å². The van der Waals surface area contributed by atoms with Crippen molar-refractivity contribution in [2.75, 3.05) is 32.8 Å². The highest BCUT2D eigenvalue weighted by Crippen LogP contribution is 2.16. The first-order chi connectivity index (χ1) is 8.64. The van der Waals surface area contributed by atoms with Crippen molar-refractivity contribution in [3.63, 3.8) is 0 Å². The smallest absolute Gasteiger partial charge is 0.246 e. The Morgan fingerprint density at radius 3 is 2.78 bits per heavy atom. The highest BCUT2D eigenvalue weighted by atomic mass is 32.2. The van der Waals surface area contributed by atoms with Gasteiger partial charge in [0.2, 0.25) is 10.0 Å². The van der Waals surface area contributed by atoms with Crippen molar-refractivity contribution in [2.45, 2.75) is 17.9 Å². The Hall–Kier alpha value is -0.960. The minimum atomic E-state index is -3.43. The van der Waals surface area contributed by atoms with Crippen LogP contribution in [0.5, 0.6) is 0 Å². The molecule has 7 nitrogen and oxygen atoms in total. The Kier molecular flexibility index (Phi) is 4.33. The van der Waals surface area contributed by atoms with Gasteiger partial charge in [0.15, 0.2) is 0 Å². The number of nitrogens with zero attached hydrogens (tertiary/aromatic N) is 3. The minimum absolute atomic E-state index is 0.237. The third kappa shape index (κ3) is 2.89. The summed E-state index contributed by atoms with van der Waals surface area (Å²) in [5.74, 6) is 0. The van der Waals surface area contributed by atoms with Gasteiger partial charge in [-0.15, -0.1) is 0 Å². The molecule has 1 aliphatic rings. The van der Waals surface area contributed by atoms with E-state index in [0.29, 0.717) is 39.4 Å². The maximum atomic E-state index is 12.3. The second-order valence-electron chi connectivity index (χ2n) is 4.10. The van der Waals surface area contributed by atoms with Crippen LogP contribution in [0.4, 0.5) is 0 Å². The zero-order valence-electron chi connectivity index (χ0n) is 10.2. The summed E-state index contributed by atoms with van der Waals surface area (Å²) >= 11 is 0.